The Bertz CT molecular complexity index is 380. The molecule has 0 aliphatic carbocycles. The molecule has 0 bridgehead atoms. The summed E-state index contributed by atoms with van der Waals surface area (Å²) in [4.78, 5) is 4.06. The molecule has 0 unspecified atom stereocenters. The minimum absolute atomic E-state index is 0.204. The Balaban J connectivity index is 3.37. The number of pyridine rings is 1. The predicted octanol–water partition coefficient (Wildman–Crippen LogP) is 1.45. The van der Waals surface area contributed by atoms with Gasteiger partial charge in [-0.2, -0.15) is 0 Å². The van der Waals surface area contributed by atoms with Crippen LogP contribution in [0.25, 0.3) is 0 Å². The van der Waals surface area contributed by atoms with E-state index in [0.29, 0.717) is 5.69 Å². The average molecular weight is 206 g/mol. The van der Waals surface area contributed by atoms with E-state index in [2.05, 4.69) is 4.98 Å². The van der Waals surface area contributed by atoms with Crippen LogP contribution in [0.15, 0.2) is 17.0 Å². The molecule has 0 fully saturated rings. The predicted molar refractivity (Wildman–Crippen MR) is 47.1 cm³/mol. The molecule has 0 amide bonds. The minimum Gasteiger partial charge on any atom is -0.241 e. The third-order valence-electron chi connectivity index (χ3n) is 1.32. The van der Waals surface area contributed by atoms with Crippen molar-refractivity contribution in [3.8, 4) is 0 Å². The van der Waals surface area contributed by atoms with Crippen LogP contribution < -0.4 is 0 Å². The Hall–Kier alpha value is -0.610. The van der Waals surface area contributed by atoms with Gasteiger partial charge in [0.1, 0.15) is 5.15 Å². The van der Waals surface area contributed by atoms with Gasteiger partial charge >= 0.3 is 0 Å². The number of aryl methyl sites for hydroxylation is 1. The monoisotopic (exact) mass is 205 g/mol. The van der Waals surface area contributed by atoms with Crippen molar-refractivity contribution in [1.29, 1.82) is 0 Å². The lowest BCUT2D eigenvalue weighted by Crippen LogP contribution is -1.98. The van der Waals surface area contributed by atoms with Gasteiger partial charge in [0.15, 0.2) is 9.84 Å². The molecule has 1 heterocycles. The van der Waals surface area contributed by atoms with Gasteiger partial charge in [0, 0.05) is 11.9 Å². The molecule has 1 aromatic rings. The van der Waals surface area contributed by atoms with Crippen molar-refractivity contribution in [2.75, 3.05) is 6.26 Å². The molecule has 5 heteroatoms. The fourth-order valence-electron chi connectivity index (χ4n) is 0.812. The van der Waals surface area contributed by atoms with E-state index < -0.39 is 9.84 Å². The topological polar surface area (TPSA) is 47.0 Å². The van der Waals surface area contributed by atoms with Gasteiger partial charge in [-0.05, 0) is 19.1 Å². The molecule has 0 aromatic carbocycles. The lowest BCUT2D eigenvalue weighted by Gasteiger charge is -1.99. The third kappa shape index (κ3) is 2.19. The van der Waals surface area contributed by atoms with E-state index in [1.165, 1.54) is 12.1 Å². The highest BCUT2D eigenvalue weighted by Gasteiger charge is 2.08. The van der Waals surface area contributed by atoms with Crippen LogP contribution in [0.1, 0.15) is 5.69 Å². The van der Waals surface area contributed by atoms with Crippen molar-refractivity contribution in [3.63, 3.8) is 0 Å². The second-order valence-corrected chi connectivity index (χ2v) is 4.94. The van der Waals surface area contributed by atoms with Gasteiger partial charge in [0.05, 0.1) is 4.90 Å². The number of nitrogens with zero attached hydrogens (tertiary/aromatic N) is 1. The van der Waals surface area contributed by atoms with Gasteiger partial charge in [-0.25, -0.2) is 13.4 Å². The minimum atomic E-state index is -3.17. The highest BCUT2D eigenvalue weighted by Crippen LogP contribution is 2.14. The van der Waals surface area contributed by atoms with Crippen LogP contribution in [0.2, 0.25) is 5.15 Å². The highest BCUT2D eigenvalue weighted by molar-refractivity contribution is 7.90. The second kappa shape index (κ2) is 3.03. The van der Waals surface area contributed by atoms with Gasteiger partial charge in [-0.15, -0.1) is 0 Å². The van der Waals surface area contributed by atoms with Crippen LogP contribution in [-0.2, 0) is 9.84 Å². The molecule has 0 saturated heterocycles. The summed E-state index contributed by atoms with van der Waals surface area (Å²) in [5, 5.41) is 0.204. The maximum Gasteiger partial charge on any atom is 0.175 e. The molecular formula is C7H8ClNO2S. The van der Waals surface area contributed by atoms with E-state index >= 15 is 0 Å². The zero-order valence-corrected chi connectivity index (χ0v) is 8.28. The van der Waals surface area contributed by atoms with Crippen LogP contribution in [0.3, 0.4) is 0 Å². The Morgan fingerprint density at radius 2 is 2.00 bits per heavy atom. The smallest absolute Gasteiger partial charge is 0.175 e. The molecule has 0 radical (unpaired) electrons. The third-order valence-corrected chi connectivity index (χ3v) is 2.61. The van der Waals surface area contributed by atoms with Crippen molar-refractivity contribution in [2.45, 2.75) is 11.8 Å². The van der Waals surface area contributed by atoms with Gasteiger partial charge in [-0.1, -0.05) is 11.6 Å². The van der Waals surface area contributed by atoms with Crippen LogP contribution in [-0.4, -0.2) is 19.7 Å². The Labute approximate surface area is 76.3 Å². The first-order valence-electron chi connectivity index (χ1n) is 3.24. The zero-order chi connectivity index (χ0) is 9.35. The molecule has 1 aromatic heterocycles. The molecule has 0 spiro atoms. The van der Waals surface area contributed by atoms with E-state index in [-0.39, 0.29) is 10.0 Å². The Morgan fingerprint density at radius 1 is 1.42 bits per heavy atom. The van der Waals surface area contributed by atoms with Crippen LogP contribution in [0, 0.1) is 6.92 Å². The van der Waals surface area contributed by atoms with E-state index in [1.54, 1.807) is 6.92 Å². The number of hydrogen-bond acceptors (Lipinski definition) is 3. The average Bonchev–Trinajstić information content (AvgIpc) is 1.82. The van der Waals surface area contributed by atoms with Crippen LogP contribution >= 0.6 is 11.6 Å². The number of sulfone groups is 1. The Kier molecular flexibility index (Phi) is 2.39. The molecule has 66 valence electrons. The fraction of sp³-hybridized carbons (Fsp3) is 0.286. The van der Waals surface area contributed by atoms with Gasteiger partial charge < -0.3 is 0 Å². The summed E-state index contributed by atoms with van der Waals surface area (Å²) in [6.45, 7) is 1.70. The summed E-state index contributed by atoms with van der Waals surface area (Å²) in [7, 11) is -3.17. The lowest BCUT2D eigenvalue weighted by atomic mass is 10.4. The molecule has 0 saturated carbocycles. The molecule has 12 heavy (non-hydrogen) atoms. The molecular weight excluding hydrogens is 198 g/mol. The fourth-order valence-corrected chi connectivity index (χ4v) is 1.84. The normalized spacial score (nSPS) is 11.6. The van der Waals surface area contributed by atoms with Crippen LogP contribution in [0.4, 0.5) is 0 Å². The van der Waals surface area contributed by atoms with Gasteiger partial charge in [0.2, 0.25) is 0 Å². The summed E-state index contributed by atoms with van der Waals surface area (Å²) < 4.78 is 22.1. The molecule has 0 N–H and O–H groups in total. The first kappa shape index (κ1) is 9.48. The number of halogens is 1. The largest absolute Gasteiger partial charge is 0.241 e. The van der Waals surface area contributed by atoms with E-state index in [9.17, 15) is 8.42 Å². The van der Waals surface area contributed by atoms with E-state index in [0.717, 1.165) is 6.26 Å². The summed E-state index contributed by atoms with van der Waals surface area (Å²) in [6, 6.07) is 2.82. The number of aromatic nitrogens is 1. The highest BCUT2D eigenvalue weighted by atomic mass is 35.5. The van der Waals surface area contributed by atoms with Crippen molar-refractivity contribution in [3.05, 3.63) is 23.0 Å². The maximum absolute atomic E-state index is 11.1. The molecule has 0 aliphatic rings. The standard InChI is InChI=1S/C7H8ClNO2S/c1-5-3-6(12(2,10)11)4-7(8)9-5/h3-4H,1-2H3. The zero-order valence-electron chi connectivity index (χ0n) is 6.70. The summed E-state index contributed by atoms with van der Waals surface area (Å²) >= 11 is 5.58. The van der Waals surface area contributed by atoms with E-state index in [4.69, 9.17) is 11.6 Å². The van der Waals surface area contributed by atoms with Crippen molar-refractivity contribution in [2.24, 2.45) is 0 Å². The Morgan fingerprint density at radius 3 is 2.42 bits per heavy atom. The lowest BCUT2D eigenvalue weighted by molar-refractivity contribution is 0.601. The number of hydrogen-bond donors (Lipinski definition) is 0. The second-order valence-electron chi connectivity index (χ2n) is 2.54. The van der Waals surface area contributed by atoms with Crippen molar-refractivity contribution >= 4 is 21.4 Å². The van der Waals surface area contributed by atoms with Crippen molar-refractivity contribution < 1.29 is 8.42 Å². The first-order valence-corrected chi connectivity index (χ1v) is 5.51. The SMILES string of the molecule is Cc1cc(S(C)(=O)=O)cc(Cl)n1. The molecule has 0 atom stereocenters. The maximum atomic E-state index is 11.1. The van der Waals surface area contributed by atoms with Crippen molar-refractivity contribution in [1.82, 2.24) is 4.98 Å². The number of rotatable bonds is 1. The van der Waals surface area contributed by atoms with E-state index in [1.807, 2.05) is 0 Å². The molecule has 3 nitrogen and oxygen atoms in total. The van der Waals surface area contributed by atoms with Gasteiger partial charge in [0.25, 0.3) is 0 Å². The molecule has 0 aliphatic heterocycles. The first-order chi connectivity index (χ1) is 5.39. The quantitative estimate of drug-likeness (QED) is 0.652. The van der Waals surface area contributed by atoms with Gasteiger partial charge in [-0.3, -0.25) is 0 Å². The molecule has 1 rings (SSSR count). The van der Waals surface area contributed by atoms with Crippen LogP contribution in [0.5, 0.6) is 0 Å². The summed E-state index contributed by atoms with van der Waals surface area (Å²) in [6.07, 6.45) is 1.14. The summed E-state index contributed by atoms with van der Waals surface area (Å²) in [5.74, 6) is 0. The summed E-state index contributed by atoms with van der Waals surface area (Å²) in [5.41, 5.74) is 0.600.